The number of benzene rings is 1. The molecule has 0 aromatic heterocycles. The molecule has 0 aliphatic rings. The minimum Gasteiger partial charge on any atom is -0.304 e. The molecule has 0 spiro atoms. The van der Waals surface area contributed by atoms with Gasteiger partial charge in [-0.25, -0.2) is 0 Å². The van der Waals surface area contributed by atoms with Gasteiger partial charge in [-0.3, -0.25) is 9.11 Å². The smallest absolute Gasteiger partial charge is 0.304 e. The number of hydrogen-bond acceptors (Lipinski definition) is 3. The van der Waals surface area contributed by atoms with Crippen molar-refractivity contribution in [1.29, 1.82) is 0 Å². The second kappa shape index (κ2) is 12.1. The highest BCUT2D eigenvalue weighted by Crippen LogP contribution is 1.92. The fourth-order valence-electron chi connectivity index (χ4n) is 1.21. The van der Waals surface area contributed by atoms with Crippen LogP contribution in [0, 0.1) is 6.92 Å². The molecule has 6 heteroatoms. The second-order valence-corrected chi connectivity index (χ2v) is 4.62. The Hall–Kier alpha value is -0.950. The molecule has 0 aliphatic carbocycles. The Morgan fingerprint density at radius 1 is 0.947 bits per heavy atom. The molecule has 0 unspecified atom stereocenters. The number of aryl methyl sites for hydroxylation is 1. The van der Waals surface area contributed by atoms with Gasteiger partial charge in [-0.2, -0.15) is 8.42 Å². The van der Waals surface area contributed by atoms with Gasteiger partial charge in [0, 0.05) is 0 Å². The summed E-state index contributed by atoms with van der Waals surface area (Å²) >= 11 is 0. The molecule has 0 bridgehead atoms. The maximum Gasteiger partial charge on any atom is 0.394 e. The van der Waals surface area contributed by atoms with E-state index in [1.807, 2.05) is 18.2 Å². The van der Waals surface area contributed by atoms with Gasteiger partial charge in [0.05, 0.1) is 0 Å². The van der Waals surface area contributed by atoms with Gasteiger partial charge >= 0.3 is 10.4 Å². The summed E-state index contributed by atoms with van der Waals surface area (Å²) in [7, 11) is -4.67. The number of nitrogens with zero attached hydrogens (tertiary/aromatic N) is 1. The van der Waals surface area contributed by atoms with Crippen LogP contribution in [0.4, 0.5) is 0 Å². The predicted molar refractivity (Wildman–Crippen MR) is 78.8 cm³/mol. The summed E-state index contributed by atoms with van der Waals surface area (Å²) in [6.45, 7) is 12.2. The summed E-state index contributed by atoms with van der Waals surface area (Å²) in [6.07, 6.45) is 0. The third-order valence-electron chi connectivity index (χ3n) is 2.28. The van der Waals surface area contributed by atoms with E-state index in [0.717, 1.165) is 0 Å². The number of hydrogen-bond donors (Lipinski definition) is 2. The van der Waals surface area contributed by atoms with E-state index in [1.54, 1.807) is 0 Å². The maximum absolute atomic E-state index is 8.74. The van der Waals surface area contributed by atoms with E-state index in [1.165, 1.54) is 25.2 Å². The summed E-state index contributed by atoms with van der Waals surface area (Å²) in [4.78, 5) is 2.38. The topological polar surface area (TPSA) is 77.8 Å². The fraction of sp³-hybridized carbons (Fsp3) is 0.538. The zero-order valence-corrected chi connectivity index (χ0v) is 12.9. The molecule has 2 N–H and O–H groups in total. The minimum absolute atomic E-state index is 1.19. The quantitative estimate of drug-likeness (QED) is 0.837. The highest BCUT2D eigenvalue weighted by molar-refractivity contribution is 7.79. The van der Waals surface area contributed by atoms with Gasteiger partial charge in [0.25, 0.3) is 0 Å². The van der Waals surface area contributed by atoms with E-state index in [4.69, 9.17) is 17.5 Å². The van der Waals surface area contributed by atoms with Crippen LogP contribution in [0.3, 0.4) is 0 Å². The van der Waals surface area contributed by atoms with Gasteiger partial charge in [-0.1, -0.05) is 56.7 Å². The van der Waals surface area contributed by atoms with Crippen molar-refractivity contribution in [2.24, 2.45) is 0 Å². The highest BCUT2D eigenvalue weighted by atomic mass is 32.3. The molecule has 0 fully saturated rings. The standard InChI is InChI=1S/C7H8.C6H15N.H2O4S/c1-7-5-3-2-4-6-7;1-4-7(5-2)6-3;1-5(2,3)4/h2-6H,1H3;4-6H2,1-3H3;(H2,1,2,3,4). The van der Waals surface area contributed by atoms with Crippen LogP contribution in [-0.2, 0) is 10.4 Å². The van der Waals surface area contributed by atoms with Crippen molar-refractivity contribution in [3.05, 3.63) is 35.9 Å². The normalized spacial score (nSPS) is 10.1. The molecule has 0 saturated heterocycles. The molecule has 1 rings (SSSR count). The van der Waals surface area contributed by atoms with Gasteiger partial charge in [-0.15, -0.1) is 0 Å². The molecule has 5 nitrogen and oxygen atoms in total. The fourth-order valence-corrected chi connectivity index (χ4v) is 1.21. The summed E-state index contributed by atoms with van der Waals surface area (Å²) < 4.78 is 31.6. The van der Waals surface area contributed by atoms with Crippen LogP contribution in [0.5, 0.6) is 0 Å². The van der Waals surface area contributed by atoms with Crippen LogP contribution < -0.4 is 0 Å². The summed E-state index contributed by atoms with van der Waals surface area (Å²) in [5.74, 6) is 0. The van der Waals surface area contributed by atoms with Crippen LogP contribution in [0.1, 0.15) is 26.3 Å². The third-order valence-corrected chi connectivity index (χ3v) is 2.28. The Balaban J connectivity index is 0. The SMILES string of the molecule is CCN(CC)CC.Cc1ccccc1.O=S(=O)(O)O. The molecule has 0 radical (unpaired) electrons. The molecule has 0 saturated carbocycles. The van der Waals surface area contributed by atoms with Crippen LogP contribution in [0.2, 0.25) is 0 Å². The van der Waals surface area contributed by atoms with E-state index in [-0.39, 0.29) is 0 Å². The van der Waals surface area contributed by atoms with Crippen molar-refractivity contribution in [1.82, 2.24) is 4.90 Å². The zero-order valence-electron chi connectivity index (χ0n) is 12.1. The zero-order chi connectivity index (χ0) is 15.3. The molecular formula is C13H25NO4S. The lowest BCUT2D eigenvalue weighted by molar-refractivity contribution is 0.321. The first-order chi connectivity index (χ1) is 8.74. The first-order valence-corrected chi connectivity index (χ1v) is 7.58. The minimum atomic E-state index is -4.67. The lowest BCUT2D eigenvalue weighted by Crippen LogP contribution is -2.21. The Morgan fingerprint density at radius 2 is 1.26 bits per heavy atom. The molecule has 0 atom stereocenters. The van der Waals surface area contributed by atoms with E-state index in [9.17, 15) is 0 Å². The van der Waals surface area contributed by atoms with Crippen LogP contribution in [0.25, 0.3) is 0 Å². The first-order valence-electron chi connectivity index (χ1n) is 6.18. The van der Waals surface area contributed by atoms with Crippen LogP contribution in [0.15, 0.2) is 30.3 Å². The summed E-state index contributed by atoms with van der Waals surface area (Å²) in [6, 6.07) is 10.3. The predicted octanol–water partition coefficient (Wildman–Crippen LogP) is 2.69. The molecule has 0 heterocycles. The lowest BCUT2D eigenvalue weighted by atomic mass is 10.2. The van der Waals surface area contributed by atoms with Gasteiger partial charge in [0.2, 0.25) is 0 Å². The van der Waals surface area contributed by atoms with Gasteiger partial charge < -0.3 is 4.90 Å². The first kappa shape index (κ1) is 20.4. The molecule has 112 valence electrons. The average molecular weight is 291 g/mol. The Kier molecular flexibility index (Phi) is 13.0. The summed E-state index contributed by atoms with van der Waals surface area (Å²) in [5.41, 5.74) is 1.32. The largest absolute Gasteiger partial charge is 0.394 e. The van der Waals surface area contributed by atoms with E-state index in [2.05, 4.69) is 44.7 Å². The lowest BCUT2D eigenvalue weighted by Gasteiger charge is -2.13. The van der Waals surface area contributed by atoms with Crippen molar-refractivity contribution in [2.45, 2.75) is 27.7 Å². The van der Waals surface area contributed by atoms with Gasteiger partial charge in [-0.05, 0) is 26.6 Å². The molecule has 1 aromatic carbocycles. The molecule has 0 aliphatic heterocycles. The highest BCUT2D eigenvalue weighted by Gasteiger charge is 1.89. The van der Waals surface area contributed by atoms with Crippen molar-refractivity contribution >= 4 is 10.4 Å². The Labute approximate surface area is 116 Å². The molecule has 19 heavy (non-hydrogen) atoms. The van der Waals surface area contributed by atoms with Crippen molar-refractivity contribution in [3.8, 4) is 0 Å². The van der Waals surface area contributed by atoms with Crippen molar-refractivity contribution in [2.75, 3.05) is 19.6 Å². The van der Waals surface area contributed by atoms with E-state index >= 15 is 0 Å². The van der Waals surface area contributed by atoms with Crippen molar-refractivity contribution in [3.63, 3.8) is 0 Å². The van der Waals surface area contributed by atoms with Crippen LogP contribution in [-0.4, -0.2) is 42.1 Å². The molecule has 1 aromatic rings. The second-order valence-electron chi connectivity index (χ2n) is 3.72. The monoisotopic (exact) mass is 291 g/mol. The number of rotatable bonds is 3. The Morgan fingerprint density at radius 3 is 1.37 bits per heavy atom. The molecular weight excluding hydrogens is 266 g/mol. The van der Waals surface area contributed by atoms with E-state index < -0.39 is 10.4 Å². The maximum atomic E-state index is 8.74. The summed E-state index contributed by atoms with van der Waals surface area (Å²) in [5, 5.41) is 0. The third kappa shape index (κ3) is 22.7. The van der Waals surface area contributed by atoms with Gasteiger partial charge in [0.1, 0.15) is 0 Å². The van der Waals surface area contributed by atoms with Gasteiger partial charge in [0.15, 0.2) is 0 Å². The van der Waals surface area contributed by atoms with Crippen molar-refractivity contribution < 1.29 is 17.5 Å². The average Bonchev–Trinajstić information content (AvgIpc) is 2.31. The molecule has 0 amide bonds. The van der Waals surface area contributed by atoms with Crippen LogP contribution >= 0.6 is 0 Å². The Bertz CT molecular complexity index is 375. The van der Waals surface area contributed by atoms with E-state index in [0.29, 0.717) is 0 Å².